The van der Waals surface area contributed by atoms with Gasteiger partial charge in [-0.25, -0.2) is 0 Å². The average Bonchev–Trinajstić information content (AvgIpc) is 2.56. The first kappa shape index (κ1) is 14.8. The van der Waals surface area contributed by atoms with Crippen LogP contribution in [0.15, 0.2) is 54.6 Å². The van der Waals surface area contributed by atoms with Gasteiger partial charge in [0, 0.05) is 0 Å². The second kappa shape index (κ2) is 6.30. The van der Waals surface area contributed by atoms with E-state index in [4.69, 9.17) is 9.57 Å². The fourth-order valence-corrected chi connectivity index (χ4v) is 2.81. The van der Waals surface area contributed by atoms with E-state index in [0.29, 0.717) is 6.61 Å². The van der Waals surface area contributed by atoms with E-state index in [0.717, 1.165) is 16.9 Å². The lowest BCUT2D eigenvalue weighted by molar-refractivity contribution is -0.248. The highest BCUT2D eigenvalue weighted by molar-refractivity contribution is 5.96. The highest BCUT2D eigenvalue weighted by Gasteiger charge is 2.50. The number of hydrogen-bond acceptors (Lipinski definition) is 4. The summed E-state index contributed by atoms with van der Waals surface area (Å²) in [6, 6.07) is 16.6. The predicted molar refractivity (Wildman–Crippen MR) is 83.4 cm³/mol. The Labute approximate surface area is 130 Å². The number of rotatable bonds is 5. The molecule has 1 fully saturated rings. The summed E-state index contributed by atoms with van der Waals surface area (Å²) >= 11 is 0. The molecule has 0 aliphatic carbocycles. The number of carbonyl (C=O) groups excluding carboxylic acids is 1. The highest BCUT2D eigenvalue weighted by Crippen LogP contribution is 2.44. The van der Waals surface area contributed by atoms with Crippen molar-refractivity contribution >= 4 is 5.78 Å². The van der Waals surface area contributed by atoms with Crippen LogP contribution in [-0.4, -0.2) is 24.6 Å². The van der Waals surface area contributed by atoms with Gasteiger partial charge in [-0.05, 0) is 30.2 Å². The molecule has 3 rings (SSSR count). The monoisotopic (exact) mass is 297 g/mol. The third kappa shape index (κ3) is 2.51. The summed E-state index contributed by atoms with van der Waals surface area (Å²) in [4.78, 5) is 18.4. The van der Waals surface area contributed by atoms with E-state index in [9.17, 15) is 4.79 Å². The summed E-state index contributed by atoms with van der Waals surface area (Å²) in [7, 11) is 1.63. The van der Waals surface area contributed by atoms with Gasteiger partial charge in [0.15, 0.2) is 5.78 Å². The van der Waals surface area contributed by atoms with Gasteiger partial charge in [-0.2, -0.15) is 5.06 Å². The van der Waals surface area contributed by atoms with E-state index in [-0.39, 0.29) is 17.9 Å². The number of ketones is 1. The Morgan fingerprint density at radius 2 is 1.55 bits per heavy atom. The molecule has 4 heteroatoms. The van der Waals surface area contributed by atoms with Crippen LogP contribution in [0.25, 0.3) is 0 Å². The molecule has 0 bridgehead atoms. The lowest BCUT2D eigenvalue weighted by Gasteiger charge is -2.45. The van der Waals surface area contributed by atoms with Crippen molar-refractivity contribution in [2.75, 3.05) is 13.7 Å². The number of benzene rings is 2. The number of ether oxygens (including phenoxy) is 1. The van der Waals surface area contributed by atoms with Crippen LogP contribution < -0.4 is 4.74 Å². The van der Waals surface area contributed by atoms with Gasteiger partial charge in [0.05, 0.1) is 13.7 Å². The molecule has 2 atom stereocenters. The topological polar surface area (TPSA) is 38.8 Å². The maximum absolute atomic E-state index is 12.6. The van der Waals surface area contributed by atoms with Crippen molar-refractivity contribution in [1.29, 1.82) is 0 Å². The van der Waals surface area contributed by atoms with Gasteiger partial charge in [-0.3, -0.25) is 9.63 Å². The van der Waals surface area contributed by atoms with Gasteiger partial charge >= 0.3 is 0 Å². The molecule has 0 amide bonds. The molecule has 0 radical (unpaired) electrons. The second-order valence-corrected chi connectivity index (χ2v) is 5.17. The summed E-state index contributed by atoms with van der Waals surface area (Å²) in [5.41, 5.74) is 1.89. The SMILES string of the molecule is CCON1C(c2ccccc2)C(=O)C1c1ccc(OC)cc1. The number of nitrogens with zero attached hydrogens (tertiary/aromatic N) is 1. The molecule has 2 aromatic carbocycles. The molecular weight excluding hydrogens is 278 g/mol. The predicted octanol–water partition coefficient (Wildman–Crippen LogP) is 3.31. The van der Waals surface area contributed by atoms with Crippen molar-refractivity contribution in [2.24, 2.45) is 0 Å². The van der Waals surface area contributed by atoms with Crippen LogP contribution in [0, 0.1) is 0 Å². The van der Waals surface area contributed by atoms with Crippen LogP contribution >= 0.6 is 0 Å². The first-order chi connectivity index (χ1) is 10.8. The van der Waals surface area contributed by atoms with Crippen LogP contribution in [0.2, 0.25) is 0 Å². The minimum Gasteiger partial charge on any atom is -0.497 e. The number of Topliss-reactive ketones (excluding diaryl/α,β-unsaturated/α-hetero) is 1. The molecule has 0 saturated carbocycles. The van der Waals surface area contributed by atoms with Crippen molar-refractivity contribution in [3.8, 4) is 5.75 Å². The zero-order chi connectivity index (χ0) is 15.5. The largest absolute Gasteiger partial charge is 0.497 e. The first-order valence-electron chi connectivity index (χ1n) is 7.40. The lowest BCUT2D eigenvalue weighted by atomic mass is 9.84. The standard InChI is InChI=1S/C18H19NO3/c1-3-22-19-16(13-7-5-4-6-8-13)18(20)17(19)14-9-11-15(21-2)12-10-14/h4-12,16-17H,3H2,1-2H3. The molecule has 114 valence electrons. The molecule has 22 heavy (non-hydrogen) atoms. The van der Waals surface area contributed by atoms with Crippen LogP contribution in [0.3, 0.4) is 0 Å². The quantitative estimate of drug-likeness (QED) is 0.848. The molecule has 0 spiro atoms. The summed E-state index contributed by atoms with van der Waals surface area (Å²) in [5.74, 6) is 0.933. The van der Waals surface area contributed by atoms with Gasteiger partial charge in [-0.1, -0.05) is 42.5 Å². The Hall–Kier alpha value is -2.17. The molecule has 1 aliphatic rings. The van der Waals surface area contributed by atoms with E-state index < -0.39 is 0 Å². The number of hydrogen-bond donors (Lipinski definition) is 0. The molecule has 1 aliphatic heterocycles. The van der Waals surface area contributed by atoms with Gasteiger partial charge in [0.2, 0.25) is 0 Å². The van der Waals surface area contributed by atoms with Crippen molar-refractivity contribution in [3.05, 3.63) is 65.7 Å². The highest BCUT2D eigenvalue weighted by atomic mass is 16.7. The maximum Gasteiger partial charge on any atom is 0.180 e. The molecule has 2 unspecified atom stereocenters. The van der Waals surface area contributed by atoms with Crippen molar-refractivity contribution in [2.45, 2.75) is 19.0 Å². The first-order valence-corrected chi connectivity index (χ1v) is 7.40. The lowest BCUT2D eigenvalue weighted by Crippen LogP contribution is -2.52. The van der Waals surface area contributed by atoms with E-state index in [1.165, 1.54) is 0 Å². The minimum absolute atomic E-state index is 0.157. The van der Waals surface area contributed by atoms with Crippen LogP contribution in [0.5, 0.6) is 5.75 Å². The van der Waals surface area contributed by atoms with E-state index in [2.05, 4.69) is 0 Å². The molecule has 0 N–H and O–H groups in total. The van der Waals surface area contributed by atoms with E-state index >= 15 is 0 Å². The Bertz CT molecular complexity index is 639. The molecule has 1 heterocycles. The number of methoxy groups -OCH3 is 1. The fourth-order valence-electron chi connectivity index (χ4n) is 2.81. The molecular formula is C18H19NO3. The average molecular weight is 297 g/mol. The summed E-state index contributed by atoms with van der Waals surface area (Å²) < 4.78 is 5.16. The van der Waals surface area contributed by atoms with Crippen LogP contribution in [0.4, 0.5) is 0 Å². The van der Waals surface area contributed by atoms with Gasteiger partial charge in [0.1, 0.15) is 17.8 Å². The summed E-state index contributed by atoms with van der Waals surface area (Å²) in [6.45, 7) is 2.46. The third-order valence-corrected chi connectivity index (χ3v) is 3.87. The van der Waals surface area contributed by atoms with Gasteiger partial charge < -0.3 is 4.74 Å². The minimum atomic E-state index is -0.351. The Kier molecular flexibility index (Phi) is 4.22. The normalized spacial score (nSPS) is 21.5. The Morgan fingerprint density at radius 1 is 0.955 bits per heavy atom. The zero-order valence-corrected chi connectivity index (χ0v) is 12.7. The van der Waals surface area contributed by atoms with Crippen molar-refractivity contribution < 1.29 is 14.4 Å². The van der Waals surface area contributed by atoms with Gasteiger partial charge in [0.25, 0.3) is 0 Å². The van der Waals surface area contributed by atoms with Crippen LogP contribution in [0.1, 0.15) is 30.1 Å². The van der Waals surface area contributed by atoms with Gasteiger partial charge in [-0.15, -0.1) is 0 Å². The van der Waals surface area contributed by atoms with E-state index in [1.807, 2.05) is 61.5 Å². The van der Waals surface area contributed by atoms with Crippen LogP contribution in [-0.2, 0) is 9.63 Å². The molecule has 1 saturated heterocycles. The summed E-state index contributed by atoms with van der Waals surface area (Å²) in [6.07, 6.45) is 0. The number of carbonyl (C=O) groups is 1. The molecule has 4 nitrogen and oxygen atoms in total. The van der Waals surface area contributed by atoms with E-state index in [1.54, 1.807) is 12.2 Å². The smallest absolute Gasteiger partial charge is 0.180 e. The molecule has 0 aromatic heterocycles. The third-order valence-electron chi connectivity index (χ3n) is 3.87. The molecule has 2 aromatic rings. The Morgan fingerprint density at radius 3 is 2.09 bits per heavy atom. The van der Waals surface area contributed by atoms with Crippen molar-refractivity contribution in [3.63, 3.8) is 0 Å². The Balaban J connectivity index is 1.87. The second-order valence-electron chi connectivity index (χ2n) is 5.17. The fraction of sp³-hybridized carbons (Fsp3) is 0.278. The number of hydroxylamine groups is 2. The van der Waals surface area contributed by atoms with Crippen molar-refractivity contribution in [1.82, 2.24) is 5.06 Å². The maximum atomic E-state index is 12.6. The summed E-state index contributed by atoms with van der Waals surface area (Å²) in [5, 5.41) is 1.79. The zero-order valence-electron chi connectivity index (χ0n) is 12.7.